The SMILES string of the molecule is CCCCNC(=O)[C@H](Cc1ccccc1)N(Cc1ccccc1F)C(=O)CN(c1ccccc1C(C)C)S(C)(=O)=O. The van der Waals surface area contributed by atoms with Crippen LogP contribution in [-0.4, -0.2) is 50.5 Å². The number of nitrogens with one attached hydrogen (secondary N) is 1. The Bertz CT molecular complexity index is 1410. The van der Waals surface area contributed by atoms with Crippen molar-refractivity contribution >= 4 is 27.5 Å². The summed E-state index contributed by atoms with van der Waals surface area (Å²) in [5, 5.41) is 2.92. The van der Waals surface area contributed by atoms with Crippen LogP contribution >= 0.6 is 0 Å². The quantitative estimate of drug-likeness (QED) is 0.263. The molecule has 0 spiro atoms. The second-order valence-corrected chi connectivity index (χ2v) is 12.4. The summed E-state index contributed by atoms with van der Waals surface area (Å²) in [6, 6.07) is 21.4. The van der Waals surface area contributed by atoms with Gasteiger partial charge in [-0.3, -0.25) is 13.9 Å². The van der Waals surface area contributed by atoms with Gasteiger partial charge in [0.15, 0.2) is 0 Å². The van der Waals surface area contributed by atoms with Gasteiger partial charge in [-0.2, -0.15) is 0 Å². The molecule has 0 heterocycles. The highest BCUT2D eigenvalue weighted by molar-refractivity contribution is 7.92. The molecule has 2 amide bonds. The van der Waals surface area contributed by atoms with Crippen LogP contribution in [0.15, 0.2) is 78.9 Å². The summed E-state index contributed by atoms with van der Waals surface area (Å²) >= 11 is 0. The number of halogens is 1. The van der Waals surface area contributed by atoms with Gasteiger partial charge in [0.2, 0.25) is 21.8 Å². The molecule has 9 heteroatoms. The van der Waals surface area contributed by atoms with E-state index in [9.17, 15) is 22.4 Å². The van der Waals surface area contributed by atoms with Gasteiger partial charge >= 0.3 is 0 Å². The number of anilines is 1. The Labute approximate surface area is 243 Å². The fraction of sp³-hybridized carbons (Fsp3) is 0.375. The summed E-state index contributed by atoms with van der Waals surface area (Å²) in [7, 11) is -3.89. The first-order valence-corrected chi connectivity index (χ1v) is 15.8. The predicted molar refractivity (Wildman–Crippen MR) is 162 cm³/mol. The van der Waals surface area contributed by atoms with Crippen molar-refractivity contribution in [3.8, 4) is 0 Å². The number of hydrogen-bond donors (Lipinski definition) is 1. The molecule has 7 nitrogen and oxygen atoms in total. The van der Waals surface area contributed by atoms with Gasteiger partial charge in [0.1, 0.15) is 18.4 Å². The number of carbonyl (C=O) groups is 2. The van der Waals surface area contributed by atoms with Crippen molar-refractivity contribution in [3.05, 3.63) is 101 Å². The largest absolute Gasteiger partial charge is 0.354 e. The minimum atomic E-state index is -3.89. The lowest BCUT2D eigenvalue weighted by Gasteiger charge is -2.34. The number of unbranched alkanes of at least 4 members (excludes halogenated alkanes) is 1. The summed E-state index contributed by atoms with van der Waals surface area (Å²) in [6.07, 6.45) is 2.87. The van der Waals surface area contributed by atoms with Crippen LogP contribution in [0.25, 0.3) is 0 Å². The van der Waals surface area contributed by atoms with Gasteiger partial charge < -0.3 is 10.2 Å². The smallest absolute Gasteiger partial charge is 0.244 e. The van der Waals surface area contributed by atoms with Crippen LogP contribution in [0.4, 0.5) is 10.1 Å². The van der Waals surface area contributed by atoms with Crippen molar-refractivity contribution in [2.75, 3.05) is 23.7 Å². The zero-order chi connectivity index (χ0) is 30.0. The summed E-state index contributed by atoms with van der Waals surface area (Å²) < 4.78 is 42.1. The highest BCUT2D eigenvalue weighted by Gasteiger charge is 2.34. The third-order valence-corrected chi connectivity index (χ3v) is 8.03. The van der Waals surface area contributed by atoms with E-state index in [1.165, 1.54) is 11.0 Å². The molecule has 0 bridgehead atoms. The van der Waals surface area contributed by atoms with E-state index in [-0.39, 0.29) is 30.4 Å². The van der Waals surface area contributed by atoms with E-state index < -0.39 is 34.3 Å². The van der Waals surface area contributed by atoms with Gasteiger partial charge in [0, 0.05) is 25.1 Å². The highest BCUT2D eigenvalue weighted by Crippen LogP contribution is 2.29. The lowest BCUT2D eigenvalue weighted by Crippen LogP contribution is -2.53. The van der Waals surface area contributed by atoms with Gasteiger partial charge in [-0.05, 0) is 35.6 Å². The van der Waals surface area contributed by atoms with E-state index in [2.05, 4.69) is 5.32 Å². The fourth-order valence-electron chi connectivity index (χ4n) is 4.67. The molecule has 1 atom stereocenters. The van der Waals surface area contributed by atoms with E-state index in [4.69, 9.17) is 0 Å². The Balaban J connectivity index is 2.08. The molecule has 3 rings (SSSR count). The topological polar surface area (TPSA) is 86.8 Å². The van der Waals surface area contributed by atoms with Crippen molar-refractivity contribution in [3.63, 3.8) is 0 Å². The fourth-order valence-corrected chi connectivity index (χ4v) is 5.54. The minimum Gasteiger partial charge on any atom is -0.354 e. The summed E-state index contributed by atoms with van der Waals surface area (Å²) in [5.74, 6) is -1.50. The summed E-state index contributed by atoms with van der Waals surface area (Å²) in [6.45, 7) is 5.60. The maximum atomic E-state index is 14.9. The Morgan fingerprint density at radius 2 is 1.56 bits per heavy atom. The molecule has 0 aliphatic heterocycles. The van der Waals surface area contributed by atoms with Crippen LogP contribution in [0, 0.1) is 5.82 Å². The zero-order valence-corrected chi connectivity index (χ0v) is 25.0. The Hall–Kier alpha value is -3.72. The first kappa shape index (κ1) is 31.8. The second kappa shape index (κ2) is 14.8. The number of benzene rings is 3. The molecule has 41 heavy (non-hydrogen) atoms. The molecule has 0 aromatic heterocycles. The van der Waals surface area contributed by atoms with Crippen LogP contribution in [0.5, 0.6) is 0 Å². The van der Waals surface area contributed by atoms with E-state index >= 15 is 0 Å². The van der Waals surface area contributed by atoms with Gasteiger partial charge in [-0.1, -0.05) is 93.9 Å². The van der Waals surface area contributed by atoms with Crippen LogP contribution in [-0.2, 0) is 32.6 Å². The van der Waals surface area contributed by atoms with Crippen molar-refractivity contribution in [2.45, 2.75) is 58.5 Å². The molecule has 0 aliphatic rings. The van der Waals surface area contributed by atoms with Crippen molar-refractivity contribution in [2.24, 2.45) is 0 Å². The molecule has 0 aliphatic carbocycles. The lowest BCUT2D eigenvalue weighted by molar-refractivity contribution is -0.140. The first-order valence-electron chi connectivity index (χ1n) is 13.9. The number of amides is 2. The molecule has 0 radical (unpaired) electrons. The van der Waals surface area contributed by atoms with Gasteiger partial charge in [-0.15, -0.1) is 0 Å². The molecule has 0 unspecified atom stereocenters. The molecule has 0 saturated heterocycles. The molecular weight excluding hydrogens is 541 g/mol. The molecular formula is C32H40FN3O4S. The third kappa shape index (κ3) is 8.88. The Morgan fingerprint density at radius 1 is 0.927 bits per heavy atom. The van der Waals surface area contributed by atoms with E-state index in [0.29, 0.717) is 12.2 Å². The van der Waals surface area contributed by atoms with Crippen molar-refractivity contribution in [1.29, 1.82) is 0 Å². The number of rotatable bonds is 14. The Morgan fingerprint density at radius 3 is 2.20 bits per heavy atom. The van der Waals surface area contributed by atoms with Crippen molar-refractivity contribution in [1.82, 2.24) is 10.2 Å². The zero-order valence-electron chi connectivity index (χ0n) is 24.2. The maximum Gasteiger partial charge on any atom is 0.244 e. The Kier molecular flexibility index (Phi) is 11.5. The van der Waals surface area contributed by atoms with Crippen molar-refractivity contribution < 1.29 is 22.4 Å². The monoisotopic (exact) mass is 581 g/mol. The molecule has 1 N–H and O–H groups in total. The highest BCUT2D eigenvalue weighted by atomic mass is 32.2. The van der Waals surface area contributed by atoms with Gasteiger partial charge in [0.05, 0.1) is 11.9 Å². The van der Waals surface area contributed by atoms with Gasteiger partial charge in [0.25, 0.3) is 0 Å². The number of hydrogen-bond acceptors (Lipinski definition) is 4. The third-order valence-electron chi connectivity index (χ3n) is 6.91. The van der Waals surface area contributed by atoms with Gasteiger partial charge in [-0.25, -0.2) is 12.8 Å². The van der Waals surface area contributed by atoms with Crippen LogP contribution in [0.1, 0.15) is 56.2 Å². The van der Waals surface area contributed by atoms with E-state index in [1.54, 1.807) is 30.3 Å². The van der Waals surface area contributed by atoms with Crippen LogP contribution in [0.2, 0.25) is 0 Å². The molecule has 3 aromatic rings. The van der Waals surface area contributed by atoms with Crippen LogP contribution < -0.4 is 9.62 Å². The van der Waals surface area contributed by atoms with Crippen LogP contribution in [0.3, 0.4) is 0 Å². The average molecular weight is 582 g/mol. The minimum absolute atomic E-state index is 0.00441. The predicted octanol–water partition coefficient (Wildman–Crippen LogP) is 5.27. The molecule has 0 fully saturated rings. The molecule has 0 saturated carbocycles. The lowest BCUT2D eigenvalue weighted by atomic mass is 10.0. The number of carbonyl (C=O) groups excluding carboxylic acids is 2. The number of sulfonamides is 1. The normalized spacial score (nSPS) is 12.1. The average Bonchev–Trinajstić information content (AvgIpc) is 2.94. The second-order valence-electron chi connectivity index (χ2n) is 10.4. The summed E-state index contributed by atoms with van der Waals surface area (Å²) in [4.78, 5) is 29.1. The molecule has 220 valence electrons. The maximum absolute atomic E-state index is 14.9. The number of nitrogens with zero attached hydrogens (tertiary/aromatic N) is 2. The molecule has 3 aromatic carbocycles. The number of para-hydroxylation sites is 1. The van der Waals surface area contributed by atoms with E-state index in [0.717, 1.165) is 34.5 Å². The standard InChI is InChI=1S/C32H40FN3O4S/c1-5-6-20-34-32(38)30(21-25-14-8-7-9-15-25)35(22-26-16-10-12-18-28(26)33)31(37)23-36(41(4,39)40)29-19-13-11-17-27(29)24(2)3/h7-19,24,30H,5-6,20-23H2,1-4H3,(H,34,38)/t30-/m0/s1. The first-order chi connectivity index (χ1) is 19.5. The van der Waals surface area contributed by atoms with E-state index in [1.807, 2.05) is 63.2 Å². The summed E-state index contributed by atoms with van der Waals surface area (Å²) in [5.41, 5.74) is 2.22.